The predicted molar refractivity (Wildman–Crippen MR) is 71.7 cm³/mol. The van der Waals surface area contributed by atoms with Crippen LogP contribution in [0.5, 0.6) is 5.75 Å². The zero-order chi connectivity index (χ0) is 12.9. The molecule has 3 rings (SSSR count). The minimum Gasteiger partial charge on any atom is -0.496 e. The van der Waals surface area contributed by atoms with E-state index in [1.807, 2.05) is 6.07 Å². The van der Waals surface area contributed by atoms with Gasteiger partial charge >= 0.3 is 0 Å². The van der Waals surface area contributed by atoms with Crippen molar-refractivity contribution in [3.63, 3.8) is 0 Å². The summed E-state index contributed by atoms with van der Waals surface area (Å²) in [5, 5.41) is 10.7. The van der Waals surface area contributed by atoms with E-state index in [0.717, 1.165) is 28.7 Å². The summed E-state index contributed by atoms with van der Waals surface area (Å²) in [6, 6.07) is 4.17. The van der Waals surface area contributed by atoms with Crippen LogP contribution in [0, 0.1) is 31.6 Å². The van der Waals surface area contributed by atoms with Crippen LogP contribution in [-0.4, -0.2) is 12.2 Å². The van der Waals surface area contributed by atoms with Crippen LogP contribution >= 0.6 is 0 Å². The predicted octanol–water partition coefficient (Wildman–Crippen LogP) is 3.39. The van der Waals surface area contributed by atoms with E-state index in [1.165, 1.54) is 24.8 Å². The number of fused-ring (bicyclic) bond motifs is 1. The third-order valence-corrected chi connectivity index (χ3v) is 4.85. The lowest BCUT2D eigenvalue weighted by Crippen LogP contribution is -2.08. The van der Waals surface area contributed by atoms with Gasteiger partial charge in [0.1, 0.15) is 5.75 Å². The van der Waals surface area contributed by atoms with Crippen LogP contribution in [0.4, 0.5) is 0 Å². The number of rotatable bonds is 3. The molecule has 18 heavy (non-hydrogen) atoms. The second kappa shape index (κ2) is 4.27. The van der Waals surface area contributed by atoms with Crippen molar-refractivity contribution in [2.45, 2.75) is 39.2 Å². The van der Waals surface area contributed by atoms with Crippen molar-refractivity contribution in [2.75, 3.05) is 7.11 Å². The molecule has 0 aromatic heterocycles. The highest BCUT2D eigenvalue weighted by Crippen LogP contribution is 2.63. The van der Waals surface area contributed by atoms with Gasteiger partial charge in [-0.15, -0.1) is 0 Å². The van der Waals surface area contributed by atoms with Crippen molar-refractivity contribution >= 4 is 0 Å². The summed E-state index contributed by atoms with van der Waals surface area (Å²) >= 11 is 0. The van der Waals surface area contributed by atoms with E-state index in [1.54, 1.807) is 7.11 Å². The normalized spacial score (nSPS) is 31.0. The molecule has 0 spiro atoms. The highest BCUT2D eigenvalue weighted by atomic mass is 16.5. The van der Waals surface area contributed by atoms with E-state index >= 15 is 0 Å². The summed E-state index contributed by atoms with van der Waals surface area (Å²) < 4.78 is 5.47. The molecule has 0 radical (unpaired) electrons. The molecule has 2 aliphatic rings. The number of aliphatic hydroxyl groups is 1. The fourth-order valence-electron chi connectivity index (χ4n) is 4.03. The summed E-state index contributed by atoms with van der Waals surface area (Å²) in [5.41, 5.74) is 3.36. The molecular formula is C16H22O2. The van der Waals surface area contributed by atoms with Crippen molar-refractivity contribution in [1.29, 1.82) is 0 Å². The lowest BCUT2D eigenvalue weighted by Gasteiger charge is -2.19. The molecule has 2 saturated carbocycles. The maximum atomic E-state index is 10.7. The van der Waals surface area contributed by atoms with Crippen LogP contribution in [0.25, 0.3) is 0 Å². The number of hydrogen-bond donors (Lipinski definition) is 1. The molecule has 2 aliphatic carbocycles. The maximum absolute atomic E-state index is 10.7. The Balaban J connectivity index is 1.91. The van der Waals surface area contributed by atoms with Crippen LogP contribution < -0.4 is 4.74 Å². The Kier molecular flexibility index (Phi) is 2.86. The largest absolute Gasteiger partial charge is 0.496 e. The number of hydrogen-bond acceptors (Lipinski definition) is 2. The highest BCUT2D eigenvalue weighted by Gasteiger charge is 2.56. The van der Waals surface area contributed by atoms with Crippen LogP contribution in [0.1, 0.15) is 42.1 Å². The molecule has 0 heterocycles. The van der Waals surface area contributed by atoms with Crippen LogP contribution in [-0.2, 0) is 0 Å². The van der Waals surface area contributed by atoms with E-state index in [4.69, 9.17) is 4.74 Å². The van der Waals surface area contributed by atoms with E-state index in [9.17, 15) is 5.11 Å². The molecule has 3 unspecified atom stereocenters. The molecule has 2 fully saturated rings. The summed E-state index contributed by atoms with van der Waals surface area (Å²) in [6.45, 7) is 4.14. The number of ether oxygens (including phenoxy) is 1. The molecule has 2 heteroatoms. The van der Waals surface area contributed by atoms with E-state index < -0.39 is 0 Å². The number of aliphatic hydroxyl groups excluding tert-OH is 1. The SMILES string of the molecule is COc1cc(C)cc(C)c1C(O)C1C2CCCC21. The van der Waals surface area contributed by atoms with Gasteiger partial charge in [-0.3, -0.25) is 0 Å². The molecule has 0 bridgehead atoms. The second-order valence-corrected chi connectivity index (χ2v) is 5.98. The van der Waals surface area contributed by atoms with Gasteiger partial charge in [0.15, 0.2) is 0 Å². The second-order valence-electron chi connectivity index (χ2n) is 5.98. The summed E-state index contributed by atoms with van der Waals surface area (Å²) in [4.78, 5) is 0. The van der Waals surface area contributed by atoms with Crippen molar-refractivity contribution in [1.82, 2.24) is 0 Å². The molecule has 0 amide bonds. The Morgan fingerprint density at radius 3 is 2.50 bits per heavy atom. The molecule has 1 aromatic rings. The summed E-state index contributed by atoms with van der Waals surface area (Å²) in [6.07, 6.45) is 3.62. The average molecular weight is 246 g/mol. The Morgan fingerprint density at radius 2 is 1.89 bits per heavy atom. The van der Waals surface area contributed by atoms with E-state index in [-0.39, 0.29) is 6.10 Å². The van der Waals surface area contributed by atoms with E-state index in [0.29, 0.717) is 5.92 Å². The Bertz CT molecular complexity index is 456. The van der Waals surface area contributed by atoms with Crippen LogP contribution in [0.2, 0.25) is 0 Å². The van der Waals surface area contributed by atoms with Gasteiger partial charge in [-0.05, 0) is 61.6 Å². The Labute approximate surface area is 109 Å². The number of benzene rings is 1. The highest BCUT2D eigenvalue weighted by molar-refractivity contribution is 5.45. The van der Waals surface area contributed by atoms with Gasteiger partial charge in [-0.1, -0.05) is 12.5 Å². The third-order valence-electron chi connectivity index (χ3n) is 4.85. The first kappa shape index (κ1) is 12.0. The topological polar surface area (TPSA) is 29.5 Å². The first-order valence-electron chi connectivity index (χ1n) is 6.96. The minimum atomic E-state index is -0.337. The van der Waals surface area contributed by atoms with Crippen molar-refractivity contribution in [2.24, 2.45) is 17.8 Å². The standard InChI is InChI=1S/C16H22O2/c1-9-7-10(2)14(13(8-9)18-3)16(17)15-11-5-4-6-12(11)15/h7-8,11-12,15-17H,4-6H2,1-3H3. The van der Waals surface area contributed by atoms with Gasteiger partial charge in [0.25, 0.3) is 0 Å². The van der Waals surface area contributed by atoms with Crippen molar-refractivity contribution in [3.8, 4) is 5.75 Å². The molecular weight excluding hydrogens is 224 g/mol. The van der Waals surface area contributed by atoms with Gasteiger partial charge < -0.3 is 9.84 Å². The molecule has 2 nitrogen and oxygen atoms in total. The molecule has 3 atom stereocenters. The fourth-order valence-corrected chi connectivity index (χ4v) is 4.03. The zero-order valence-corrected chi connectivity index (χ0v) is 11.4. The summed E-state index contributed by atoms with van der Waals surface area (Å²) in [5.74, 6) is 2.87. The van der Waals surface area contributed by atoms with Gasteiger partial charge in [0.05, 0.1) is 13.2 Å². The third kappa shape index (κ3) is 1.74. The van der Waals surface area contributed by atoms with Crippen LogP contribution in [0.3, 0.4) is 0 Å². The van der Waals surface area contributed by atoms with Crippen LogP contribution in [0.15, 0.2) is 12.1 Å². The van der Waals surface area contributed by atoms with Gasteiger partial charge in [0.2, 0.25) is 0 Å². The van der Waals surface area contributed by atoms with Gasteiger partial charge in [-0.2, -0.15) is 0 Å². The quantitative estimate of drug-likeness (QED) is 0.885. The fraction of sp³-hybridized carbons (Fsp3) is 0.625. The minimum absolute atomic E-state index is 0.337. The molecule has 0 aliphatic heterocycles. The molecule has 0 saturated heterocycles. The Hall–Kier alpha value is -1.02. The van der Waals surface area contributed by atoms with Gasteiger partial charge in [-0.25, -0.2) is 0 Å². The Morgan fingerprint density at radius 1 is 1.22 bits per heavy atom. The van der Waals surface area contributed by atoms with Gasteiger partial charge in [0, 0.05) is 5.56 Å². The summed E-state index contributed by atoms with van der Waals surface area (Å²) in [7, 11) is 1.69. The number of aryl methyl sites for hydroxylation is 2. The first-order chi connectivity index (χ1) is 8.63. The van der Waals surface area contributed by atoms with E-state index in [2.05, 4.69) is 19.9 Å². The molecule has 1 N–H and O–H groups in total. The number of methoxy groups -OCH3 is 1. The van der Waals surface area contributed by atoms with Crippen molar-refractivity contribution in [3.05, 3.63) is 28.8 Å². The molecule has 1 aromatic carbocycles. The lowest BCUT2D eigenvalue weighted by atomic mass is 9.94. The smallest absolute Gasteiger partial charge is 0.125 e. The molecule has 98 valence electrons. The average Bonchev–Trinajstić information content (AvgIpc) is 2.81. The first-order valence-corrected chi connectivity index (χ1v) is 6.96. The monoisotopic (exact) mass is 246 g/mol. The van der Waals surface area contributed by atoms with Crippen molar-refractivity contribution < 1.29 is 9.84 Å². The maximum Gasteiger partial charge on any atom is 0.125 e. The lowest BCUT2D eigenvalue weighted by molar-refractivity contribution is 0.133. The zero-order valence-electron chi connectivity index (χ0n) is 11.4.